The molecule has 2 amide bonds. The van der Waals surface area contributed by atoms with Gasteiger partial charge in [-0.1, -0.05) is 36.8 Å². The minimum atomic E-state index is -3.14. The summed E-state index contributed by atoms with van der Waals surface area (Å²) in [6.45, 7) is 0.716. The van der Waals surface area contributed by atoms with Gasteiger partial charge < -0.3 is 10.2 Å². The molecule has 2 aliphatic rings. The average Bonchev–Trinajstić information content (AvgIpc) is 2.78. The fourth-order valence-corrected chi connectivity index (χ4v) is 6.07. The molecular weight excluding hydrogens is 362 g/mol. The first-order chi connectivity index (χ1) is 13.0. The number of nitrogens with zero attached hydrogens (tertiary/aromatic N) is 2. The summed E-state index contributed by atoms with van der Waals surface area (Å²) in [5.41, 5.74) is 2.40. The average molecular weight is 385 g/mol. The van der Waals surface area contributed by atoms with Crippen LogP contribution in [0.1, 0.15) is 25.7 Å². The van der Waals surface area contributed by atoms with Gasteiger partial charge in [-0.25, -0.2) is 13.2 Å². The Kier molecular flexibility index (Phi) is 4.63. The van der Waals surface area contributed by atoms with Gasteiger partial charge in [0.05, 0.1) is 16.2 Å². The molecule has 0 bridgehead atoms. The van der Waals surface area contributed by atoms with Crippen molar-refractivity contribution in [3.8, 4) is 11.3 Å². The smallest absolute Gasteiger partial charge is 0.321 e. The molecule has 6 nitrogen and oxygen atoms in total. The van der Waals surface area contributed by atoms with Gasteiger partial charge in [-0.3, -0.25) is 4.98 Å². The Morgan fingerprint density at radius 2 is 1.85 bits per heavy atom. The van der Waals surface area contributed by atoms with Gasteiger partial charge >= 0.3 is 6.03 Å². The molecule has 1 aromatic carbocycles. The van der Waals surface area contributed by atoms with Crippen molar-refractivity contribution in [1.29, 1.82) is 0 Å². The lowest BCUT2D eigenvalue weighted by Gasteiger charge is -2.39. The fourth-order valence-electron chi connectivity index (χ4n) is 3.87. The zero-order valence-electron chi connectivity index (χ0n) is 15.1. The predicted molar refractivity (Wildman–Crippen MR) is 105 cm³/mol. The molecule has 142 valence electrons. The molecule has 2 aromatic rings. The molecule has 2 fully saturated rings. The second-order valence-electron chi connectivity index (χ2n) is 7.32. The first kappa shape index (κ1) is 18.0. The molecule has 7 heteroatoms. The third kappa shape index (κ3) is 3.43. The summed E-state index contributed by atoms with van der Waals surface area (Å²) >= 11 is 0. The lowest BCUT2D eigenvalue weighted by atomic mass is 9.81. The van der Waals surface area contributed by atoms with E-state index in [1.807, 2.05) is 36.4 Å². The Bertz CT molecular complexity index is 940. The Labute approximate surface area is 159 Å². The van der Waals surface area contributed by atoms with Gasteiger partial charge in [0.1, 0.15) is 0 Å². The van der Waals surface area contributed by atoms with E-state index in [9.17, 15) is 13.2 Å². The topological polar surface area (TPSA) is 79.4 Å². The SMILES string of the molecule is O=C(Nc1ccnc(-c2ccccc2)c1)N1CCC2(CCC2)S(=O)(=O)CC1. The molecule has 1 aliphatic carbocycles. The van der Waals surface area contributed by atoms with Gasteiger partial charge in [0.25, 0.3) is 0 Å². The molecule has 1 spiro atoms. The van der Waals surface area contributed by atoms with Crippen molar-refractivity contribution < 1.29 is 13.2 Å². The molecule has 4 rings (SSSR count). The zero-order valence-corrected chi connectivity index (χ0v) is 15.9. The van der Waals surface area contributed by atoms with E-state index in [0.717, 1.165) is 30.5 Å². The summed E-state index contributed by atoms with van der Waals surface area (Å²) in [6, 6.07) is 13.1. The normalized spacial score (nSPS) is 20.5. The molecule has 1 saturated heterocycles. The van der Waals surface area contributed by atoms with Crippen molar-refractivity contribution in [3.05, 3.63) is 48.7 Å². The van der Waals surface area contributed by atoms with Gasteiger partial charge in [0.2, 0.25) is 0 Å². The lowest BCUT2D eigenvalue weighted by Crippen LogP contribution is -2.46. The van der Waals surface area contributed by atoms with E-state index in [-0.39, 0.29) is 18.3 Å². The van der Waals surface area contributed by atoms with E-state index in [1.54, 1.807) is 17.2 Å². The van der Waals surface area contributed by atoms with Crippen LogP contribution in [0.4, 0.5) is 10.5 Å². The molecule has 27 heavy (non-hydrogen) atoms. The van der Waals surface area contributed by atoms with Crippen molar-refractivity contribution in [1.82, 2.24) is 9.88 Å². The maximum Gasteiger partial charge on any atom is 0.321 e. The Balaban J connectivity index is 1.47. The quantitative estimate of drug-likeness (QED) is 0.860. The van der Waals surface area contributed by atoms with Crippen LogP contribution >= 0.6 is 0 Å². The van der Waals surface area contributed by atoms with Crippen LogP contribution in [0.5, 0.6) is 0 Å². The summed E-state index contributed by atoms with van der Waals surface area (Å²) in [4.78, 5) is 18.7. The zero-order chi connectivity index (χ0) is 18.9. The van der Waals surface area contributed by atoms with Crippen LogP contribution in [0.2, 0.25) is 0 Å². The van der Waals surface area contributed by atoms with E-state index in [0.29, 0.717) is 18.7 Å². The molecule has 0 radical (unpaired) electrons. The maximum atomic E-state index is 12.7. The van der Waals surface area contributed by atoms with E-state index in [4.69, 9.17) is 0 Å². The number of aromatic nitrogens is 1. The van der Waals surface area contributed by atoms with Gasteiger partial charge in [-0.05, 0) is 31.4 Å². The third-order valence-corrected chi connectivity index (χ3v) is 8.41. The number of anilines is 1. The summed E-state index contributed by atoms with van der Waals surface area (Å²) in [5.74, 6) is 0.0476. The van der Waals surface area contributed by atoms with Crippen molar-refractivity contribution in [2.24, 2.45) is 0 Å². The Morgan fingerprint density at radius 3 is 2.56 bits per heavy atom. The number of rotatable bonds is 2. The summed E-state index contributed by atoms with van der Waals surface area (Å²) in [7, 11) is -3.14. The number of hydrogen-bond acceptors (Lipinski definition) is 4. The van der Waals surface area contributed by atoms with E-state index >= 15 is 0 Å². The van der Waals surface area contributed by atoms with Gasteiger partial charge in [-0.2, -0.15) is 0 Å². The molecule has 1 aliphatic heterocycles. The minimum absolute atomic E-state index is 0.0476. The summed E-state index contributed by atoms with van der Waals surface area (Å²) in [6.07, 6.45) is 4.62. The van der Waals surface area contributed by atoms with Crippen LogP contribution in [0.3, 0.4) is 0 Å². The third-order valence-electron chi connectivity index (χ3n) is 5.76. The largest absolute Gasteiger partial charge is 0.323 e. The summed E-state index contributed by atoms with van der Waals surface area (Å²) < 4.78 is 24.6. The number of urea groups is 1. The minimum Gasteiger partial charge on any atom is -0.323 e. The monoisotopic (exact) mass is 385 g/mol. The van der Waals surface area contributed by atoms with Crippen molar-refractivity contribution >= 4 is 21.6 Å². The molecular formula is C20H23N3O3S. The molecule has 1 aromatic heterocycles. The standard InChI is InChI=1S/C20H23N3O3S/c24-19(23-12-10-20(8-4-9-20)27(25,26)14-13-23)22-17-7-11-21-18(15-17)16-5-2-1-3-6-16/h1-3,5-7,11,15H,4,8-10,12-14H2,(H,21,22,24). The van der Waals surface area contributed by atoms with Crippen LogP contribution in [0, 0.1) is 0 Å². The molecule has 0 atom stereocenters. The van der Waals surface area contributed by atoms with Gasteiger partial charge in [0, 0.05) is 30.5 Å². The Morgan fingerprint density at radius 1 is 1.07 bits per heavy atom. The van der Waals surface area contributed by atoms with Crippen LogP contribution in [0.25, 0.3) is 11.3 Å². The number of hydrogen-bond donors (Lipinski definition) is 1. The highest BCUT2D eigenvalue weighted by atomic mass is 32.2. The predicted octanol–water partition coefficient (Wildman–Crippen LogP) is 3.32. The van der Waals surface area contributed by atoms with Gasteiger partial charge in [-0.15, -0.1) is 0 Å². The first-order valence-corrected chi connectivity index (χ1v) is 10.9. The van der Waals surface area contributed by atoms with E-state index < -0.39 is 14.6 Å². The van der Waals surface area contributed by atoms with Crippen LogP contribution < -0.4 is 5.32 Å². The number of sulfone groups is 1. The molecule has 0 unspecified atom stereocenters. The highest BCUT2D eigenvalue weighted by molar-refractivity contribution is 7.92. The number of benzene rings is 1. The number of nitrogens with one attached hydrogen (secondary N) is 1. The van der Waals surface area contributed by atoms with Crippen molar-refractivity contribution in [3.63, 3.8) is 0 Å². The number of carbonyl (C=O) groups is 1. The second-order valence-corrected chi connectivity index (χ2v) is 9.82. The van der Waals surface area contributed by atoms with Gasteiger partial charge in [0.15, 0.2) is 9.84 Å². The number of pyridine rings is 1. The summed E-state index contributed by atoms with van der Waals surface area (Å²) in [5, 5.41) is 2.89. The Hall–Kier alpha value is -2.41. The molecule has 1 N–H and O–H groups in total. The van der Waals surface area contributed by atoms with Crippen molar-refractivity contribution in [2.45, 2.75) is 30.4 Å². The first-order valence-electron chi connectivity index (χ1n) is 9.29. The number of amides is 2. The van der Waals surface area contributed by atoms with E-state index in [2.05, 4.69) is 10.3 Å². The van der Waals surface area contributed by atoms with Crippen LogP contribution in [0.15, 0.2) is 48.7 Å². The second kappa shape index (κ2) is 6.96. The van der Waals surface area contributed by atoms with E-state index in [1.165, 1.54) is 0 Å². The highest BCUT2D eigenvalue weighted by Gasteiger charge is 2.49. The number of carbonyl (C=O) groups excluding carboxylic acids is 1. The molecule has 2 heterocycles. The van der Waals surface area contributed by atoms with Crippen molar-refractivity contribution in [2.75, 3.05) is 24.2 Å². The lowest BCUT2D eigenvalue weighted by molar-refractivity contribution is 0.209. The maximum absolute atomic E-state index is 12.7. The fraction of sp³-hybridized carbons (Fsp3) is 0.400. The highest BCUT2D eigenvalue weighted by Crippen LogP contribution is 2.43. The molecule has 1 saturated carbocycles. The van der Waals surface area contributed by atoms with Crippen LogP contribution in [-0.2, 0) is 9.84 Å². The van der Waals surface area contributed by atoms with Crippen LogP contribution in [-0.4, -0.2) is 47.9 Å².